The fourth-order valence-electron chi connectivity index (χ4n) is 1.36. The highest BCUT2D eigenvalue weighted by molar-refractivity contribution is 5.89. The van der Waals surface area contributed by atoms with Crippen LogP contribution < -0.4 is 16.4 Å². The number of nitrogens with one attached hydrogen (secondary N) is 2. The molecule has 0 unspecified atom stereocenters. The molecular formula is C12H17N3O3. The van der Waals surface area contributed by atoms with E-state index in [0.717, 1.165) is 6.42 Å². The van der Waals surface area contributed by atoms with Crippen molar-refractivity contribution in [2.45, 2.75) is 12.8 Å². The largest absolute Gasteiger partial charge is 0.481 e. The van der Waals surface area contributed by atoms with Crippen LogP contribution in [-0.2, 0) is 11.2 Å². The molecule has 0 aromatic heterocycles. The van der Waals surface area contributed by atoms with Crippen molar-refractivity contribution in [1.29, 1.82) is 0 Å². The lowest BCUT2D eigenvalue weighted by molar-refractivity contribution is -0.136. The number of nitrogens with two attached hydrogens (primary N) is 1. The smallest absolute Gasteiger partial charge is 0.319 e. The van der Waals surface area contributed by atoms with E-state index in [-0.39, 0.29) is 12.5 Å². The summed E-state index contributed by atoms with van der Waals surface area (Å²) in [7, 11) is 0. The van der Waals surface area contributed by atoms with Gasteiger partial charge in [0.25, 0.3) is 0 Å². The summed E-state index contributed by atoms with van der Waals surface area (Å²) >= 11 is 0. The van der Waals surface area contributed by atoms with Crippen LogP contribution in [0.5, 0.6) is 0 Å². The van der Waals surface area contributed by atoms with Gasteiger partial charge in [-0.05, 0) is 30.7 Å². The second-order valence-electron chi connectivity index (χ2n) is 3.79. The molecule has 6 heteroatoms. The van der Waals surface area contributed by atoms with E-state index in [9.17, 15) is 9.59 Å². The first-order valence-electron chi connectivity index (χ1n) is 5.67. The molecule has 0 aliphatic carbocycles. The Hall–Kier alpha value is -2.08. The first-order chi connectivity index (χ1) is 8.61. The van der Waals surface area contributed by atoms with Gasteiger partial charge in [-0.25, -0.2) is 4.79 Å². The Morgan fingerprint density at radius 3 is 2.44 bits per heavy atom. The third-order valence-electron chi connectivity index (χ3n) is 2.23. The Bertz CT molecular complexity index is 404. The minimum atomic E-state index is -0.879. The first-order valence-corrected chi connectivity index (χ1v) is 5.67. The van der Waals surface area contributed by atoms with Gasteiger partial charge in [-0.15, -0.1) is 0 Å². The number of aliphatic carboxylic acids is 1. The van der Waals surface area contributed by atoms with Crippen LogP contribution in [-0.4, -0.2) is 30.2 Å². The molecule has 2 amide bonds. The van der Waals surface area contributed by atoms with Crippen LogP contribution in [0.4, 0.5) is 10.5 Å². The predicted molar refractivity (Wildman–Crippen MR) is 68.5 cm³/mol. The molecule has 0 radical (unpaired) electrons. The topological polar surface area (TPSA) is 104 Å². The summed E-state index contributed by atoms with van der Waals surface area (Å²) in [6.45, 7) is 1.06. The fraction of sp³-hybridized carbons (Fsp3) is 0.333. The number of carbonyl (C=O) groups excluding carboxylic acids is 1. The fourth-order valence-corrected chi connectivity index (χ4v) is 1.36. The molecule has 0 saturated carbocycles. The lowest BCUT2D eigenvalue weighted by atomic mass is 10.1. The molecule has 1 aromatic rings. The zero-order chi connectivity index (χ0) is 13.4. The van der Waals surface area contributed by atoms with E-state index in [1.165, 1.54) is 0 Å². The summed E-state index contributed by atoms with van der Waals surface area (Å²) in [6, 6.07) is 6.38. The van der Waals surface area contributed by atoms with Crippen molar-refractivity contribution in [2.24, 2.45) is 5.73 Å². The summed E-state index contributed by atoms with van der Waals surface area (Å²) in [6.07, 6.45) is 0.702. The van der Waals surface area contributed by atoms with Gasteiger partial charge in [-0.1, -0.05) is 12.1 Å². The van der Waals surface area contributed by atoms with Crippen LogP contribution in [0.2, 0.25) is 0 Å². The average molecular weight is 251 g/mol. The summed E-state index contributed by atoms with van der Waals surface area (Å²) in [4.78, 5) is 21.9. The van der Waals surface area contributed by atoms with E-state index in [1.54, 1.807) is 24.3 Å². The van der Waals surface area contributed by atoms with Crippen molar-refractivity contribution in [3.63, 3.8) is 0 Å². The molecule has 0 aliphatic rings. The summed E-state index contributed by atoms with van der Waals surface area (Å²) in [5.41, 5.74) is 6.62. The molecule has 0 spiro atoms. The van der Waals surface area contributed by atoms with Crippen LogP contribution in [0.1, 0.15) is 12.0 Å². The molecule has 0 heterocycles. The number of carboxylic acids is 1. The number of rotatable bonds is 6. The summed E-state index contributed by atoms with van der Waals surface area (Å²) in [5, 5.41) is 13.9. The molecule has 5 N–H and O–H groups in total. The number of hydrogen-bond donors (Lipinski definition) is 4. The highest BCUT2D eigenvalue weighted by atomic mass is 16.4. The highest BCUT2D eigenvalue weighted by Crippen LogP contribution is 2.09. The van der Waals surface area contributed by atoms with Crippen LogP contribution >= 0.6 is 0 Å². The van der Waals surface area contributed by atoms with Crippen molar-refractivity contribution >= 4 is 17.7 Å². The molecule has 6 nitrogen and oxygen atoms in total. The molecule has 18 heavy (non-hydrogen) atoms. The van der Waals surface area contributed by atoms with E-state index in [4.69, 9.17) is 10.8 Å². The SMILES string of the molecule is NCCCNC(=O)Nc1ccc(CC(=O)O)cc1. The maximum absolute atomic E-state index is 11.4. The van der Waals surface area contributed by atoms with Gasteiger partial charge in [0.1, 0.15) is 0 Å². The van der Waals surface area contributed by atoms with Crippen molar-refractivity contribution in [2.75, 3.05) is 18.4 Å². The van der Waals surface area contributed by atoms with Crippen molar-refractivity contribution < 1.29 is 14.7 Å². The maximum Gasteiger partial charge on any atom is 0.319 e. The predicted octanol–water partition coefficient (Wildman–Crippen LogP) is 0.784. The summed E-state index contributed by atoms with van der Waals surface area (Å²) < 4.78 is 0. The third kappa shape index (κ3) is 5.31. The molecule has 1 rings (SSSR count). The zero-order valence-corrected chi connectivity index (χ0v) is 9.98. The van der Waals surface area contributed by atoms with Crippen molar-refractivity contribution in [3.05, 3.63) is 29.8 Å². The van der Waals surface area contributed by atoms with E-state index in [2.05, 4.69) is 10.6 Å². The first kappa shape index (κ1) is 14.0. The number of carboxylic acid groups (broad SMARTS) is 1. The van der Waals surface area contributed by atoms with E-state index >= 15 is 0 Å². The molecule has 1 aromatic carbocycles. The van der Waals surface area contributed by atoms with E-state index in [0.29, 0.717) is 24.3 Å². The monoisotopic (exact) mass is 251 g/mol. The molecule has 0 bridgehead atoms. The van der Waals surface area contributed by atoms with Crippen LogP contribution in [0.25, 0.3) is 0 Å². The highest BCUT2D eigenvalue weighted by Gasteiger charge is 2.02. The lowest BCUT2D eigenvalue weighted by Gasteiger charge is -2.07. The number of carbonyl (C=O) groups is 2. The summed E-state index contributed by atoms with van der Waals surface area (Å²) in [5.74, 6) is -0.879. The second kappa shape index (κ2) is 7.29. The molecule has 0 saturated heterocycles. The Morgan fingerprint density at radius 1 is 1.22 bits per heavy atom. The minimum absolute atomic E-state index is 0.0248. The van der Waals surface area contributed by atoms with Gasteiger partial charge in [-0.3, -0.25) is 4.79 Å². The number of amides is 2. The van der Waals surface area contributed by atoms with Gasteiger partial charge in [0.05, 0.1) is 6.42 Å². The molecule has 98 valence electrons. The molecule has 0 aliphatic heterocycles. The van der Waals surface area contributed by atoms with Gasteiger partial charge >= 0.3 is 12.0 Å². The van der Waals surface area contributed by atoms with Gasteiger partial charge in [-0.2, -0.15) is 0 Å². The molecular weight excluding hydrogens is 234 g/mol. The van der Waals surface area contributed by atoms with Crippen LogP contribution in [0.15, 0.2) is 24.3 Å². The van der Waals surface area contributed by atoms with Gasteiger partial charge in [0.15, 0.2) is 0 Å². The van der Waals surface area contributed by atoms with Gasteiger partial charge < -0.3 is 21.5 Å². The number of urea groups is 1. The lowest BCUT2D eigenvalue weighted by Crippen LogP contribution is -2.30. The van der Waals surface area contributed by atoms with Gasteiger partial charge in [0.2, 0.25) is 0 Å². The van der Waals surface area contributed by atoms with Crippen LogP contribution in [0, 0.1) is 0 Å². The second-order valence-corrected chi connectivity index (χ2v) is 3.79. The minimum Gasteiger partial charge on any atom is -0.481 e. The molecule has 0 fully saturated rings. The van der Waals surface area contributed by atoms with E-state index < -0.39 is 5.97 Å². The van der Waals surface area contributed by atoms with E-state index in [1.807, 2.05) is 0 Å². The normalized spacial score (nSPS) is 9.83. The van der Waals surface area contributed by atoms with Crippen molar-refractivity contribution in [1.82, 2.24) is 5.32 Å². The Labute approximate surface area is 105 Å². The Morgan fingerprint density at radius 2 is 1.89 bits per heavy atom. The number of anilines is 1. The van der Waals surface area contributed by atoms with Crippen LogP contribution in [0.3, 0.4) is 0 Å². The number of benzene rings is 1. The maximum atomic E-state index is 11.4. The quantitative estimate of drug-likeness (QED) is 0.561. The van der Waals surface area contributed by atoms with Gasteiger partial charge in [0, 0.05) is 12.2 Å². The molecule has 0 atom stereocenters. The zero-order valence-electron chi connectivity index (χ0n) is 9.98. The number of hydrogen-bond acceptors (Lipinski definition) is 3. The average Bonchev–Trinajstić information content (AvgIpc) is 2.31. The Kier molecular flexibility index (Phi) is 5.66. The third-order valence-corrected chi connectivity index (χ3v) is 2.23. The standard InChI is InChI=1S/C12H17N3O3/c13-6-1-7-14-12(18)15-10-4-2-9(3-5-10)8-11(16)17/h2-5H,1,6-8,13H2,(H,16,17)(H2,14,15,18). The Balaban J connectivity index is 2.43. The van der Waals surface area contributed by atoms with Crippen molar-refractivity contribution in [3.8, 4) is 0 Å².